The number of hydrogen-bond acceptors (Lipinski definition) is 3. The Labute approximate surface area is 146 Å². The molecule has 0 spiro atoms. The van der Waals surface area contributed by atoms with Gasteiger partial charge in [-0.3, -0.25) is 9.69 Å². The van der Waals surface area contributed by atoms with Crippen molar-refractivity contribution in [1.82, 2.24) is 15.1 Å². The maximum atomic E-state index is 13.2. The molecule has 0 saturated carbocycles. The van der Waals surface area contributed by atoms with Crippen molar-refractivity contribution in [1.29, 1.82) is 0 Å². The van der Waals surface area contributed by atoms with E-state index in [2.05, 4.69) is 10.6 Å². The van der Waals surface area contributed by atoms with Gasteiger partial charge in [0.1, 0.15) is 11.6 Å². The number of rotatable bonds is 5. The van der Waals surface area contributed by atoms with Crippen molar-refractivity contribution < 1.29 is 18.4 Å². The van der Waals surface area contributed by atoms with Gasteiger partial charge in [-0.05, 0) is 25.5 Å². The number of hydrogen-bond donors (Lipinski definition) is 2. The topological polar surface area (TPSA) is 64.7 Å². The van der Waals surface area contributed by atoms with Crippen molar-refractivity contribution in [3.63, 3.8) is 0 Å². The molecule has 8 heteroatoms. The third-order valence-corrected chi connectivity index (χ3v) is 4.16. The summed E-state index contributed by atoms with van der Waals surface area (Å²) in [6, 6.07) is 2.62. The summed E-state index contributed by atoms with van der Waals surface area (Å²) in [5.74, 6) is -1.51. The number of carbonyl (C=O) groups excluding carboxylic acids is 2. The summed E-state index contributed by atoms with van der Waals surface area (Å²) in [7, 11) is 0. The van der Waals surface area contributed by atoms with E-state index in [0.717, 1.165) is 24.6 Å². The molecule has 2 N–H and O–H groups in total. The lowest BCUT2D eigenvalue weighted by atomic mass is 10.2. The summed E-state index contributed by atoms with van der Waals surface area (Å²) >= 11 is 0. The Morgan fingerprint density at radius 1 is 1.12 bits per heavy atom. The maximum Gasteiger partial charge on any atom is 0.321 e. The number of benzene rings is 1. The Balaban J connectivity index is 1.79. The number of amides is 3. The quantitative estimate of drug-likeness (QED) is 0.850. The van der Waals surface area contributed by atoms with Crippen molar-refractivity contribution in [3.8, 4) is 0 Å². The molecule has 1 aliphatic rings. The van der Waals surface area contributed by atoms with Crippen LogP contribution >= 0.6 is 0 Å². The molecule has 0 aromatic heterocycles. The molecule has 0 radical (unpaired) electrons. The van der Waals surface area contributed by atoms with Crippen LogP contribution in [0.15, 0.2) is 18.2 Å². The summed E-state index contributed by atoms with van der Waals surface area (Å²) in [6.07, 6.45) is 0.875. The Hall–Kier alpha value is -2.22. The van der Waals surface area contributed by atoms with E-state index in [1.165, 1.54) is 0 Å². The van der Waals surface area contributed by atoms with Crippen molar-refractivity contribution in [2.45, 2.75) is 26.3 Å². The Morgan fingerprint density at radius 2 is 1.72 bits per heavy atom. The van der Waals surface area contributed by atoms with Crippen LogP contribution in [0.4, 0.5) is 19.3 Å². The minimum absolute atomic E-state index is 0.0255. The Bertz CT molecular complexity index is 598. The summed E-state index contributed by atoms with van der Waals surface area (Å²) in [5.41, 5.74) is 0.0814. The number of nitrogens with one attached hydrogen (secondary N) is 2. The van der Waals surface area contributed by atoms with Gasteiger partial charge in [0.25, 0.3) is 0 Å². The molecular formula is C17H24F2N4O2. The summed E-state index contributed by atoms with van der Waals surface area (Å²) in [4.78, 5) is 27.6. The third-order valence-electron chi connectivity index (χ3n) is 4.16. The van der Waals surface area contributed by atoms with Crippen LogP contribution in [0.25, 0.3) is 0 Å². The SMILES string of the molecule is CCC(C)NC(=O)CN1CCN(C(=O)Nc2cc(F)cc(F)c2)CC1. The van der Waals surface area contributed by atoms with E-state index >= 15 is 0 Å². The molecule has 6 nitrogen and oxygen atoms in total. The van der Waals surface area contributed by atoms with Crippen LogP contribution in [-0.4, -0.2) is 60.5 Å². The molecule has 25 heavy (non-hydrogen) atoms. The summed E-state index contributed by atoms with van der Waals surface area (Å²) in [5, 5.41) is 5.40. The van der Waals surface area contributed by atoms with Gasteiger partial charge in [0, 0.05) is 44.0 Å². The lowest BCUT2D eigenvalue weighted by Gasteiger charge is -2.34. The number of anilines is 1. The van der Waals surface area contributed by atoms with Crippen molar-refractivity contribution in [2.24, 2.45) is 0 Å². The van der Waals surface area contributed by atoms with Crippen LogP contribution in [0.1, 0.15) is 20.3 Å². The Morgan fingerprint density at radius 3 is 2.28 bits per heavy atom. The highest BCUT2D eigenvalue weighted by Gasteiger charge is 2.23. The van der Waals surface area contributed by atoms with Gasteiger partial charge >= 0.3 is 6.03 Å². The zero-order chi connectivity index (χ0) is 18.4. The first-order valence-corrected chi connectivity index (χ1v) is 8.41. The van der Waals surface area contributed by atoms with Crippen LogP contribution < -0.4 is 10.6 Å². The highest BCUT2D eigenvalue weighted by Crippen LogP contribution is 2.14. The maximum absolute atomic E-state index is 13.2. The van der Waals surface area contributed by atoms with E-state index in [4.69, 9.17) is 0 Å². The van der Waals surface area contributed by atoms with E-state index in [-0.39, 0.29) is 17.6 Å². The van der Waals surface area contributed by atoms with Gasteiger partial charge in [0.05, 0.1) is 6.54 Å². The predicted molar refractivity (Wildman–Crippen MR) is 91.3 cm³/mol. The minimum atomic E-state index is -0.743. The standard InChI is InChI=1S/C17H24F2N4O2/c1-3-12(2)20-16(24)11-22-4-6-23(7-5-22)17(25)21-15-9-13(18)8-14(19)10-15/h8-10,12H,3-7,11H2,1-2H3,(H,20,24)(H,21,25). The number of urea groups is 1. The van der Waals surface area contributed by atoms with Gasteiger partial charge < -0.3 is 15.5 Å². The normalized spacial score (nSPS) is 16.4. The summed E-state index contributed by atoms with van der Waals surface area (Å²) in [6.45, 7) is 6.29. The summed E-state index contributed by atoms with van der Waals surface area (Å²) < 4.78 is 26.3. The molecule has 1 aromatic rings. The predicted octanol–water partition coefficient (Wildman–Crippen LogP) is 2.03. The second kappa shape index (κ2) is 8.75. The zero-order valence-electron chi connectivity index (χ0n) is 14.5. The van der Waals surface area contributed by atoms with Gasteiger partial charge in [-0.1, -0.05) is 6.92 Å². The van der Waals surface area contributed by atoms with E-state index in [1.807, 2.05) is 18.7 Å². The molecule has 1 aliphatic heterocycles. The second-order valence-electron chi connectivity index (χ2n) is 6.23. The molecule has 3 amide bonds. The average Bonchev–Trinajstić information content (AvgIpc) is 2.54. The van der Waals surface area contributed by atoms with Crippen molar-refractivity contribution in [2.75, 3.05) is 38.0 Å². The third kappa shape index (κ3) is 5.97. The number of carbonyl (C=O) groups is 2. The molecule has 138 valence electrons. The smallest absolute Gasteiger partial charge is 0.321 e. The molecule has 2 rings (SSSR count). The van der Waals surface area contributed by atoms with E-state index in [0.29, 0.717) is 32.7 Å². The Kier molecular flexibility index (Phi) is 6.69. The largest absolute Gasteiger partial charge is 0.353 e. The van der Waals surface area contributed by atoms with Gasteiger partial charge in [-0.25, -0.2) is 13.6 Å². The molecule has 0 aliphatic carbocycles. The van der Waals surface area contributed by atoms with Gasteiger partial charge in [-0.15, -0.1) is 0 Å². The van der Waals surface area contributed by atoms with Gasteiger partial charge in [-0.2, -0.15) is 0 Å². The number of halogens is 2. The fourth-order valence-corrected chi connectivity index (χ4v) is 2.56. The molecule has 1 aromatic carbocycles. The molecule has 0 bridgehead atoms. The molecule has 1 fully saturated rings. The highest BCUT2D eigenvalue weighted by molar-refractivity contribution is 5.89. The van der Waals surface area contributed by atoms with Gasteiger partial charge in [0.15, 0.2) is 0 Å². The van der Waals surface area contributed by atoms with Crippen molar-refractivity contribution >= 4 is 17.6 Å². The second-order valence-corrected chi connectivity index (χ2v) is 6.23. The van der Waals surface area contributed by atoms with Gasteiger partial charge in [0.2, 0.25) is 5.91 Å². The number of nitrogens with zero attached hydrogens (tertiary/aromatic N) is 2. The number of piperazine rings is 1. The molecular weight excluding hydrogens is 330 g/mol. The van der Waals surface area contributed by atoms with Crippen LogP contribution in [-0.2, 0) is 4.79 Å². The lowest BCUT2D eigenvalue weighted by molar-refractivity contribution is -0.123. The van der Waals surface area contributed by atoms with Crippen LogP contribution in [0.5, 0.6) is 0 Å². The monoisotopic (exact) mass is 354 g/mol. The van der Waals surface area contributed by atoms with E-state index in [1.54, 1.807) is 4.90 Å². The molecule has 1 atom stereocenters. The van der Waals surface area contributed by atoms with E-state index in [9.17, 15) is 18.4 Å². The fourth-order valence-electron chi connectivity index (χ4n) is 2.56. The first-order valence-electron chi connectivity index (χ1n) is 8.41. The molecule has 1 saturated heterocycles. The zero-order valence-corrected chi connectivity index (χ0v) is 14.5. The lowest BCUT2D eigenvalue weighted by Crippen LogP contribution is -2.52. The van der Waals surface area contributed by atoms with Crippen LogP contribution in [0.3, 0.4) is 0 Å². The minimum Gasteiger partial charge on any atom is -0.353 e. The van der Waals surface area contributed by atoms with Crippen LogP contribution in [0, 0.1) is 11.6 Å². The molecule has 1 heterocycles. The first-order chi connectivity index (χ1) is 11.9. The fraction of sp³-hybridized carbons (Fsp3) is 0.529. The molecule has 1 unspecified atom stereocenters. The highest BCUT2D eigenvalue weighted by atomic mass is 19.1. The first kappa shape index (κ1) is 19.1. The van der Waals surface area contributed by atoms with E-state index < -0.39 is 17.7 Å². The van der Waals surface area contributed by atoms with Crippen LogP contribution in [0.2, 0.25) is 0 Å². The average molecular weight is 354 g/mol. The van der Waals surface area contributed by atoms with Crippen molar-refractivity contribution in [3.05, 3.63) is 29.8 Å².